The van der Waals surface area contributed by atoms with Gasteiger partial charge in [-0.2, -0.15) is 0 Å². The third-order valence-electron chi connectivity index (χ3n) is 9.89. The number of aryl methyl sites for hydroxylation is 1. The fraction of sp³-hybridized carbons (Fsp3) is 0.429. The summed E-state index contributed by atoms with van der Waals surface area (Å²) in [7, 11) is 0. The second-order valence-electron chi connectivity index (χ2n) is 13.4. The quantitative estimate of drug-likeness (QED) is 0.351. The number of hydrogen-bond donors (Lipinski definition) is 4. The average molecular weight is 587 g/mol. The summed E-state index contributed by atoms with van der Waals surface area (Å²) in [5.41, 5.74) is -3.08. The third kappa shape index (κ3) is 4.29. The number of allylic oxidation sites excluding steroid dienone is 1. The Morgan fingerprint density at radius 1 is 0.977 bits per heavy atom. The topological polar surface area (TPSA) is 149 Å². The van der Waals surface area contributed by atoms with Crippen molar-refractivity contribution in [2.75, 3.05) is 0 Å². The van der Waals surface area contributed by atoms with Crippen LogP contribution in [0.3, 0.4) is 0 Å². The zero-order valence-electron chi connectivity index (χ0n) is 25.4. The lowest BCUT2D eigenvalue weighted by Crippen LogP contribution is -2.69. The Hall–Kier alpha value is -4.04. The molecule has 0 bridgehead atoms. The minimum atomic E-state index is -2.66. The van der Waals surface area contributed by atoms with Gasteiger partial charge < -0.3 is 20.4 Å². The van der Waals surface area contributed by atoms with E-state index in [9.17, 15) is 39.6 Å². The second-order valence-corrected chi connectivity index (χ2v) is 13.4. The number of aromatic hydroxyl groups is 1. The molecular formula is C35H38O8. The van der Waals surface area contributed by atoms with Crippen LogP contribution >= 0.6 is 0 Å². The molecule has 0 aliphatic heterocycles. The Morgan fingerprint density at radius 2 is 1.60 bits per heavy atom. The zero-order valence-corrected chi connectivity index (χ0v) is 25.4. The summed E-state index contributed by atoms with van der Waals surface area (Å²) in [5.74, 6) is -5.72. The molecule has 2 aromatic carbocycles. The van der Waals surface area contributed by atoms with Gasteiger partial charge in [0.05, 0.1) is 5.56 Å². The van der Waals surface area contributed by atoms with Gasteiger partial charge in [0, 0.05) is 35.2 Å². The Labute approximate surface area is 250 Å². The predicted octanol–water partition coefficient (Wildman–Crippen LogP) is 4.85. The summed E-state index contributed by atoms with van der Waals surface area (Å²) in [6.07, 6.45) is 0.357. The second kappa shape index (κ2) is 10.0. The van der Waals surface area contributed by atoms with Gasteiger partial charge in [-0.1, -0.05) is 63.6 Å². The molecule has 0 aromatic heterocycles. The summed E-state index contributed by atoms with van der Waals surface area (Å²) >= 11 is 0. The van der Waals surface area contributed by atoms with E-state index >= 15 is 0 Å². The lowest BCUT2D eigenvalue weighted by molar-refractivity contribution is -0.178. The van der Waals surface area contributed by atoms with E-state index in [-0.39, 0.29) is 48.4 Å². The van der Waals surface area contributed by atoms with E-state index in [1.54, 1.807) is 33.8 Å². The van der Waals surface area contributed by atoms with Gasteiger partial charge in [-0.15, -0.1) is 0 Å². The van der Waals surface area contributed by atoms with Gasteiger partial charge in [0.1, 0.15) is 28.6 Å². The molecule has 1 saturated carbocycles. The van der Waals surface area contributed by atoms with Crippen molar-refractivity contribution >= 4 is 28.9 Å². The monoisotopic (exact) mass is 586 g/mol. The number of phenolic OH excluding ortho intramolecular Hbond substituents is 1. The number of fused-ring (bicyclic) bond motifs is 3. The van der Waals surface area contributed by atoms with Gasteiger partial charge in [0.25, 0.3) is 0 Å². The molecule has 0 radical (unpaired) electrons. The Kier molecular flexibility index (Phi) is 7.08. The van der Waals surface area contributed by atoms with Crippen LogP contribution in [0.2, 0.25) is 0 Å². The fourth-order valence-electron chi connectivity index (χ4n) is 8.15. The van der Waals surface area contributed by atoms with E-state index in [4.69, 9.17) is 0 Å². The molecule has 5 rings (SSSR count). The van der Waals surface area contributed by atoms with Crippen LogP contribution in [0.4, 0.5) is 0 Å². The molecule has 3 aliphatic carbocycles. The fourth-order valence-corrected chi connectivity index (χ4v) is 8.15. The Bertz CT molecular complexity index is 1660. The highest BCUT2D eigenvalue weighted by Crippen LogP contribution is 2.65. The number of aliphatic hydroxyl groups is 3. The maximum atomic E-state index is 14.4. The molecule has 8 heteroatoms. The summed E-state index contributed by atoms with van der Waals surface area (Å²) < 4.78 is 0. The van der Waals surface area contributed by atoms with Crippen LogP contribution in [0.25, 0.3) is 5.76 Å². The summed E-state index contributed by atoms with van der Waals surface area (Å²) in [6.45, 7) is 9.90. The first-order valence-corrected chi connectivity index (χ1v) is 14.6. The molecule has 1 fully saturated rings. The molecule has 0 saturated heterocycles. The van der Waals surface area contributed by atoms with Crippen molar-refractivity contribution in [1.82, 2.24) is 0 Å². The van der Waals surface area contributed by atoms with Crippen LogP contribution in [0.15, 0.2) is 53.3 Å². The molecule has 0 spiro atoms. The molecule has 4 N–H and O–H groups in total. The van der Waals surface area contributed by atoms with E-state index in [2.05, 4.69) is 0 Å². The molecule has 3 aliphatic rings. The van der Waals surface area contributed by atoms with Crippen LogP contribution in [-0.2, 0) is 38.4 Å². The van der Waals surface area contributed by atoms with Gasteiger partial charge >= 0.3 is 0 Å². The number of hydrogen-bond acceptors (Lipinski definition) is 8. The van der Waals surface area contributed by atoms with Crippen LogP contribution < -0.4 is 0 Å². The van der Waals surface area contributed by atoms with Crippen molar-refractivity contribution in [2.45, 2.75) is 72.8 Å². The first-order chi connectivity index (χ1) is 20.0. The lowest BCUT2D eigenvalue weighted by Gasteiger charge is -2.59. The van der Waals surface area contributed by atoms with Gasteiger partial charge in [-0.3, -0.25) is 19.2 Å². The van der Waals surface area contributed by atoms with Crippen molar-refractivity contribution in [3.8, 4) is 5.75 Å². The number of ketones is 4. The highest BCUT2D eigenvalue weighted by molar-refractivity contribution is 6.24. The van der Waals surface area contributed by atoms with Crippen LogP contribution in [0.5, 0.6) is 5.75 Å². The number of carbonyl (C=O) groups is 4. The summed E-state index contributed by atoms with van der Waals surface area (Å²) in [5, 5.41) is 45.9. The molecule has 4 atom stereocenters. The Morgan fingerprint density at radius 3 is 2.19 bits per heavy atom. The molecule has 1 unspecified atom stereocenters. The van der Waals surface area contributed by atoms with E-state index in [1.807, 2.05) is 31.2 Å². The van der Waals surface area contributed by atoms with Gasteiger partial charge in [-0.25, -0.2) is 0 Å². The molecular weight excluding hydrogens is 548 g/mol. The highest BCUT2D eigenvalue weighted by Gasteiger charge is 2.72. The van der Waals surface area contributed by atoms with E-state index in [0.29, 0.717) is 11.1 Å². The smallest absolute Gasteiger partial charge is 0.203 e. The largest absolute Gasteiger partial charge is 0.508 e. The van der Waals surface area contributed by atoms with Crippen molar-refractivity contribution in [1.29, 1.82) is 0 Å². The number of aliphatic hydroxyl groups excluding tert-OH is 2. The van der Waals surface area contributed by atoms with Crippen molar-refractivity contribution < 1.29 is 39.6 Å². The summed E-state index contributed by atoms with van der Waals surface area (Å²) in [6, 6.07) is 10.7. The number of carbonyl (C=O) groups excluding carboxylic acids is 4. The predicted molar refractivity (Wildman–Crippen MR) is 159 cm³/mol. The number of benzene rings is 2. The van der Waals surface area contributed by atoms with Gasteiger partial charge in [0.2, 0.25) is 5.78 Å². The maximum Gasteiger partial charge on any atom is 0.203 e. The SMILES string of the molecule is CC(=O)C1=C(O)[C@]2(O)C(=O)C3=C(O)c4c(O)ccc(CC(=O)Cc5ccc(C)cc5)c4C[C@]3(C)C[C@]2(C)C(C(C)C)C1=O. The van der Waals surface area contributed by atoms with Crippen molar-refractivity contribution in [2.24, 2.45) is 22.7 Å². The molecule has 0 heterocycles. The minimum Gasteiger partial charge on any atom is -0.508 e. The maximum absolute atomic E-state index is 14.4. The Balaban J connectivity index is 1.66. The lowest BCUT2D eigenvalue weighted by atomic mass is 9.43. The molecule has 43 heavy (non-hydrogen) atoms. The molecule has 2 aromatic rings. The first-order valence-electron chi connectivity index (χ1n) is 14.6. The highest BCUT2D eigenvalue weighted by atomic mass is 16.3. The minimum absolute atomic E-state index is 0.00266. The summed E-state index contributed by atoms with van der Waals surface area (Å²) in [4.78, 5) is 53.7. The number of phenols is 1. The van der Waals surface area contributed by atoms with Gasteiger partial charge in [0.15, 0.2) is 17.2 Å². The first kappa shape index (κ1) is 30.4. The van der Waals surface area contributed by atoms with Crippen LogP contribution in [0.1, 0.15) is 68.9 Å². The van der Waals surface area contributed by atoms with Crippen molar-refractivity contribution in [3.63, 3.8) is 0 Å². The average Bonchev–Trinajstić information content (AvgIpc) is 2.88. The number of rotatable bonds is 6. The third-order valence-corrected chi connectivity index (χ3v) is 9.89. The standard InChI is InChI=1S/C35H38O8/c1-17(2)27-29(39)25(19(4)36)31(41)35(43)32(42)28-30(40)26-23(15-33(28,5)16-34(27,35)6)21(11-12-24(26)38)14-22(37)13-20-9-7-18(3)8-10-20/h7-12,17,27,38,40-41,43H,13-16H2,1-6H3/t27?,33-,34-,35+/m1/s1. The number of Topliss-reactive ketones (excluding diaryl/α,β-unsaturated/α-hetero) is 4. The van der Waals surface area contributed by atoms with Crippen molar-refractivity contribution in [3.05, 3.63) is 81.1 Å². The van der Waals surface area contributed by atoms with Crippen LogP contribution in [0, 0.1) is 29.6 Å². The van der Waals surface area contributed by atoms with Gasteiger partial charge in [-0.05, 0) is 55.4 Å². The zero-order chi connectivity index (χ0) is 31.8. The molecule has 8 nitrogen and oxygen atoms in total. The molecule has 0 amide bonds. The molecule has 226 valence electrons. The normalized spacial score (nSPS) is 28.5. The van der Waals surface area contributed by atoms with E-state index in [0.717, 1.165) is 18.1 Å². The van der Waals surface area contributed by atoms with Crippen LogP contribution in [-0.4, -0.2) is 49.2 Å². The van der Waals surface area contributed by atoms with E-state index in [1.165, 1.54) is 6.07 Å². The van der Waals surface area contributed by atoms with E-state index < -0.39 is 62.7 Å².